The molecule has 1 aromatic heterocycles. The highest BCUT2D eigenvalue weighted by atomic mass is 35.5. The minimum absolute atomic E-state index is 0.135. The van der Waals surface area contributed by atoms with E-state index in [2.05, 4.69) is 0 Å². The van der Waals surface area contributed by atoms with Crippen molar-refractivity contribution in [1.82, 2.24) is 4.57 Å². The molecule has 2 rings (SSSR count). The molecule has 1 N–H and O–H groups in total. The first-order chi connectivity index (χ1) is 9.10. The molecule has 19 heavy (non-hydrogen) atoms. The van der Waals surface area contributed by atoms with Crippen LogP contribution in [0, 0.1) is 5.82 Å². The average molecular weight is 282 g/mol. The topological polar surface area (TPSA) is 25.2 Å². The number of halogens is 2. The van der Waals surface area contributed by atoms with E-state index in [-0.39, 0.29) is 5.02 Å². The zero-order valence-electron chi connectivity index (χ0n) is 10.8. The van der Waals surface area contributed by atoms with Gasteiger partial charge < -0.3 is 9.67 Å². The average Bonchev–Trinajstić information content (AvgIpc) is 2.83. The predicted molar refractivity (Wildman–Crippen MR) is 74.8 cm³/mol. The Morgan fingerprint density at radius 2 is 2.16 bits per heavy atom. The van der Waals surface area contributed by atoms with Crippen LogP contribution in [0.5, 0.6) is 0 Å². The van der Waals surface area contributed by atoms with Crippen LogP contribution in [0.1, 0.15) is 37.0 Å². The number of hydrogen-bond donors (Lipinski definition) is 1. The van der Waals surface area contributed by atoms with Crippen molar-refractivity contribution in [2.24, 2.45) is 0 Å². The Labute approximate surface area is 117 Å². The van der Waals surface area contributed by atoms with Crippen molar-refractivity contribution in [2.75, 3.05) is 0 Å². The van der Waals surface area contributed by atoms with Crippen molar-refractivity contribution < 1.29 is 9.50 Å². The summed E-state index contributed by atoms with van der Waals surface area (Å²) in [6.45, 7) is 2.60. The zero-order valence-corrected chi connectivity index (χ0v) is 11.6. The van der Waals surface area contributed by atoms with E-state index in [4.69, 9.17) is 11.6 Å². The number of hydrogen-bond acceptors (Lipinski definition) is 1. The van der Waals surface area contributed by atoms with Crippen molar-refractivity contribution in [2.45, 2.75) is 32.4 Å². The Kier molecular flexibility index (Phi) is 4.61. The molecule has 0 saturated carbocycles. The molecule has 1 unspecified atom stereocenters. The van der Waals surface area contributed by atoms with E-state index in [0.29, 0.717) is 6.54 Å². The maximum Gasteiger partial charge on any atom is 0.142 e. The summed E-state index contributed by atoms with van der Waals surface area (Å²) in [6.07, 6.45) is 5.05. The third-order valence-electron chi connectivity index (χ3n) is 3.07. The third-order valence-corrected chi connectivity index (χ3v) is 3.38. The highest BCUT2D eigenvalue weighted by Gasteiger charge is 2.08. The van der Waals surface area contributed by atoms with Gasteiger partial charge in [-0.3, -0.25) is 0 Å². The smallest absolute Gasteiger partial charge is 0.142 e. The number of rotatable bonds is 5. The normalized spacial score (nSPS) is 12.6. The summed E-state index contributed by atoms with van der Waals surface area (Å²) in [5.74, 6) is -0.405. The third kappa shape index (κ3) is 3.58. The number of nitrogens with zero attached hydrogens (tertiary/aromatic N) is 1. The van der Waals surface area contributed by atoms with E-state index in [1.807, 2.05) is 30.0 Å². The molecule has 4 heteroatoms. The number of benzene rings is 1. The molecular weight excluding hydrogens is 265 g/mol. The van der Waals surface area contributed by atoms with Gasteiger partial charge in [-0.05, 0) is 35.7 Å². The van der Waals surface area contributed by atoms with Crippen LogP contribution in [0.3, 0.4) is 0 Å². The van der Waals surface area contributed by atoms with Gasteiger partial charge in [-0.15, -0.1) is 0 Å². The molecule has 0 bridgehead atoms. The summed E-state index contributed by atoms with van der Waals surface area (Å²) >= 11 is 5.65. The second kappa shape index (κ2) is 6.22. The standard InChI is InChI=1S/C15H17ClFNO/c1-2-3-15(19)12-6-7-18(10-12)9-11-4-5-13(16)14(17)8-11/h4-8,10,15,19H,2-3,9H2,1H3. The van der Waals surface area contributed by atoms with Crippen LogP contribution >= 0.6 is 11.6 Å². The maximum atomic E-state index is 13.3. The van der Waals surface area contributed by atoms with Gasteiger partial charge in [-0.2, -0.15) is 0 Å². The Morgan fingerprint density at radius 1 is 1.37 bits per heavy atom. The summed E-state index contributed by atoms with van der Waals surface area (Å²) in [6, 6.07) is 6.69. The van der Waals surface area contributed by atoms with Crippen LogP contribution in [-0.4, -0.2) is 9.67 Å². The van der Waals surface area contributed by atoms with Crippen molar-refractivity contribution in [3.8, 4) is 0 Å². The molecule has 0 saturated heterocycles. The highest BCUT2D eigenvalue weighted by molar-refractivity contribution is 6.30. The van der Waals surface area contributed by atoms with E-state index in [9.17, 15) is 9.50 Å². The molecule has 2 nitrogen and oxygen atoms in total. The van der Waals surface area contributed by atoms with Crippen molar-refractivity contribution in [1.29, 1.82) is 0 Å². The van der Waals surface area contributed by atoms with E-state index in [0.717, 1.165) is 24.0 Å². The lowest BCUT2D eigenvalue weighted by Gasteiger charge is -2.07. The molecule has 0 aliphatic rings. The van der Waals surface area contributed by atoms with E-state index < -0.39 is 11.9 Å². The fourth-order valence-corrected chi connectivity index (χ4v) is 2.16. The van der Waals surface area contributed by atoms with Crippen LogP contribution < -0.4 is 0 Å². The number of aliphatic hydroxyl groups excluding tert-OH is 1. The summed E-state index contributed by atoms with van der Waals surface area (Å²) < 4.78 is 15.3. The van der Waals surface area contributed by atoms with Gasteiger partial charge in [0.05, 0.1) is 11.1 Å². The fraction of sp³-hybridized carbons (Fsp3) is 0.333. The quantitative estimate of drug-likeness (QED) is 0.874. The Hall–Kier alpha value is -1.32. The first kappa shape index (κ1) is 14.1. The van der Waals surface area contributed by atoms with Crippen molar-refractivity contribution in [3.63, 3.8) is 0 Å². The maximum absolute atomic E-state index is 13.3. The van der Waals surface area contributed by atoms with Crippen LogP contribution in [-0.2, 0) is 6.54 Å². The molecule has 1 atom stereocenters. The van der Waals surface area contributed by atoms with Gasteiger partial charge in [0.15, 0.2) is 0 Å². The minimum atomic E-state index is -0.423. The molecule has 0 radical (unpaired) electrons. The van der Waals surface area contributed by atoms with Gasteiger partial charge in [0.2, 0.25) is 0 Å². The van der Waals surface area contributed by atoms with Crippen LogP contribution in [0.4, 0.5) is 4.39 Å². The van der Waals surface area contributed by atoms with Gasteiger partial charge in [0.25, 0.3) is 0 Å². The first-order valence-corrected chi connectivity index (χ1v) is 6.75. The molecule has 0 spiro atoms. The Bertz CT molecular complexity index is 553. The summed E-state index contributed by atoms with van der Waals surface area (Å²) in [5, 5.41) is 10.0. The molecule has 1 aromatic carbocycles. The van der Waals surface area contributed by atoms with Crippen LogP contribution in [0.25, 0.3) is 0 Å². The van der Waals surface area contributed by atoms with Gasteiger partial charge >= 0.3 is 0 Å². The molecule has 2 aromatic rings. The minimum Gasteiger partial charge on any atom is -0.388 e. The first-order valence-electron chi connectivity index (χ1n) is 6.38. The van der Waals surface area contributed by atoms with Crippen molar-refractivity contribution >= 4 is 11.6 Å². The fourth-order valence-electron chi connectivity index (χ4n) is 2.04. The van der Waals surface area contributed by atoms with Gasteiger partial charge in [0, 0.05) is 18.9 Å². The lowest BCUT2D eigenvalue weighted by atomic mass is 10.1. The Balaban J connectivity index is 2.09. The van der Waals surface area contributed by atoms with E-state index in [1.165, 1.54) is 6.07 Å². The summed E-state index contributed by atoms with van der Waals surface area (Å²) in [5.41, 5.74) is 1.74. The molecule has 0 amide bonds. The van der Waals surface area contributed by atoms with E-state index >= 15 is 0 Å². The van der Waals surface area contributed by atoms with Gasteiger partial charge in [-0.1, -0.05) is 31.0 Å². The second-order valence-electron chi connectivity index (χ2n) is 4.67. The number of aliphatic hydroxyl groups is 1. The molecule has 0 aliphatic carbocycles. The number of aromatic nitrogens is 1. The monoisotopic (exact) mass is 281 g/mol. The van der Waals surface area contributed by atoms with Crippen LogP contribution in [0.2, 0.25) is 5.02 Å². The van der Waals surface area contributed by atoms with Crippen molar-refractivity contribution in [3.05, 3.63) is 58.6 Å². The largest absolute Gasteiger partial charge is 0.388 e. The molecule has 0 fully saturated rings. The lowest BCUT2D eigenvalue weighted by Crippen LogP contribution is -1.98. The second-order valence-corrected chi connectivity index (χ2v) is 5.08. The van der Waals surface area contributed by atoms with Crippen LogP contribution in [0.15, 0.2) is 36.7 Å². The lowest BCUT2D eigenvalue weighted by molar-refractivity contribution is 0.166. The van der Waals surface area contributed by atoms with Gasteiger partial charge in [-0.25, -0.2) is 4.39 Å². The molecular formula is C15H17ClFNO. The van der Waals surface area contributed by atoms with E-state index in [1.54, 1.807) is 12.1 Å². The molecule has 0 aliphatic heterocycles. The summed E-state index contributed by atoms with van der Waals surface area (Å²) in [4.78, 5) is 0. The SMILES string of the molecule is CCCC(O)c1ccn(Cc2ccc(Cl)c(F)c2)c1. The zero-order chi connectivity index (χ0) is 13.8. The molecule has 102 valence electrons. The predicted octanol–water partition coefficient (Wildman–Crippen LogP) is 4.16. The summed E-state index contributed by atoms with van der Waals surface area (Å²) in [7, 11) is 0. The Morgan fingerprint density at radius 3 is 2.84 bits per heavy atom. The van der Waals surface area contributed by atoms with Gasteiger partial charge in [0.1, 0.15) is 5.82 Å². The molecule has 1 heterocycles. The highest BCUT2D eigenvalue weighted by Crippen LogP contribution is 2.20.